The first kappa shape index (κ1) is 51.9. The molecule has 2 aliphatic rings. The van der Waals surface area contributed by atoms with Crippen LogP contribution in [0.4, 0.5) is 11.4 Å². The van der Waals surface area contributed by atoms with E-state index in [1.807, 2.05) is 0 Å². The van der Waals surface area contributed by atoms with Gasteiger partial charge in [0.25, 0.3) is 0 Å². The number of hydrogen-bond acceptors (Lipinski definition) is 3. The third-order valence-corrected chi connectivity index (χ3v) is 25.6. The summed E-state index contributed by atoms with van der Waals surface area (Å²) in [5.74, 6) is 3.56. The fourth-order valence-corrected chi connectivity index (χ4v) is 21.7. The number of nitrogens with one attached hydrogen (secondary N) is 1. The molecule has 82 heavy (non-hydrogen) atoms. The highest BCUT2D eigenvalue weighted by atomic mass is 31.1. The highest BCUT2D eigenvalue weighted by molar-refractivity contribution is 7.81. The molecule has 14 rings (SSSR count). The monoisotopic (exact) mass is 1130 g/mol. The number of benzene rings is 12. The van der Waals surface area contributed by atoms with E-state index in [0.717, 1.165) is 56.1 Å². The summed E-state index contributed by atoms with van der Waals surface area (Å²) in [5, 5.41) is 18.7. The van der Waals surface area contributed by atoms with Crippen LogP contribution in [-0.2, 0) is 5.41 Å². The smallest absolute Gasteiger partial charge is 0.159 e. The Labute approximate surface area is 486 Å². The van der Waals surface area contributed by atoms with Crippen molar-refractivity contribution in [3.63, 3.8) is 0 Å². The number of anilines is 2. The molecule has 12 aromatic rings. The predicted molar refractivity (Wildman–Crippen MR) is 355 cm³/mol. The van der Waals surface area contributed by atoms with Gasteiger partial charge in [0, 0.05) is 37.8 Å². The standard InChI is InChI=1S/C75H57NO2P4/c1-75(2)63-45-27-47-67(79(53-29-11-3-12-30-53)54-31-13-4-14-32-54)69(63)77-70-64(75)51-49-61(73(70)81(57-37-19-7-20-38-57)58-39-21-8-22-40-58)62-50-52-66-72(74(62)82(59-41-23-9-24-42-59)60-43-25-10-26-44-60)78-71-65(76-66)46-28-48-68(71)80(55-33-15-5-16-34-55)56-35-17-6-18-36-56/h3-52,76H,1-2H3. The van der Waals surface area contributed by atoms with E-state index in [4.69, 9.17) is 9.47 Å². The van der Waals surface area contributed by atoms with Crippen LogP contribution in [0.5, 0.6) is 23.0 Å². The van der Waals surface area contributed by atoms with Gasteiger partial charge in [0.15, 0.2) is 11.5 Å². The molecular formula is C75H57NO2P4. The largest absolute Gasteiger partial charge is 0.455 e. The van der Waals surface area contributed by atoms with Gasteiger partial charge < -0.3 is 14.8 Å². The van der Waals surface area contributed by atoms with E-state index in [1.165, 1.54) is 64.2 Å². The molecule has 1 N–H and O–H groups in total. The van der Waals surface area contributed by atoms with Crippen molar-refractivity contribution in [3.05, 3.63) is 314 Å². The topological polar surface area (TPSA) is 30.5 Å². The summed E-state index contributed by atoms with van der Waals surface area (Å²) in [4.78, 5) is 0. The van der Waals surface area contributed by atoms with E-state index < -0.39 is 37.1 Å². The Morgan fingerprint density at radius 1 is 0.256 bits per heavy atom. The molecular weight excluding hydrogens is 1070 g/mol. The number of rotatable bonds is 13. The summed E-state index contributed by atoms with van der Waals surface area (Å²) in [5.41, 5.74) is 6.03. The molecule has 3 nitrogen and oxygen atoms in total. The Morgan fingerprint density at radius 2 is 0.561 bits per heavy atom. The summed E-state index contributed by atoms with van der Waals surface area (Å²) in [7, 11) is -4.60. The Hall–Kier alpha value is -8.24. The van der Waals surface area contributed by atoms with Gasteiger partial charge in [-0.25, -0.2) is 0 Å². The second-order valence-electron chi connectivity index (χ2n) is 21.0. The molecule has 0 spiro atoms. The summed E-state index contributed by atoms with van der Waals surface area (Å²) < 4.78 is 15.9. The van der Waals surface area contributed by atoms with Gasteiger partial charge in [-0.05, 0) is 103 Å². The maximum Gasteiger partial charge on any atom is 0.159 e. The van der Waals surface area contributed by atoms with Crippen LogP contribution in [0.25, 0.3) is 11.1 Å². The fourth-order valence-electron chi connectivity index (χ4n) is 11.8. The van der Waals surface area contributed by atoms with Crippen LogP contribution in [0.2, 0.25) is 0 Å². The molecule has 0 aromatic heterocycles. The lowest BCUT2D eigenvalue weighted by molar-refractivity contribution is 0.425. The van der Waals surface area contributed by atoms with E-state index in [-0.39, 0.29) is 0 Å². The first-order valence-electron chi connectivity index (χ1n) is 27.8. The molecule has 0 atom stereocenters. The zero-order chi connectivity index (χ0) is 55.0. The van der Waals surface area contributed by atoms with Gasteiger partial charge in [-0.15, -0.1) is 0 Å². The van der Waals surface area contributed by atoms with E-state index in [2.05, 4.69) is 322 Å². The molecule has 2 aliphatic heterocycles. The zero-order valence-corrected chi connectivity index (χ0v) is 49.1. The lowest BCUT2D eigenvalue weighted by Crippen LogP contribution is -2.34. The van der Waals surface area contributed by atoms with Crippen LogP contribution < -0.4 is 78.4 Å². The predicted octanol–water partition coefficient (Wildman–Crippen LogP) is 14.7. The minimum atomic E-state index is -1.28. The highest BCUT2D eigenvalue weighted by Crippen LogP contribution is 2.56. The van der Waals surface area contributed by atoms with Gasteiger partial charge in [0.05, 0.1) is 11.4 Å². The first-order valence-corrected chi connectivity index (χ1v) is 33.2. The Balaban J connectivity index is 1.07. The molecule has 12 aromatic carbocycles. The normalized spacial score (nSPS) is 12.9. The molecule has 394 valence electrons. The quantitative estimate of drug-likeness (QED) is 0.117. The summed E-state index contributed by atoms with van der Waals surface area (Å²) in [6.45, 7) is 4.79. The van der Waals surface area contributed by atoms with Crippen LogP contribution in [0.1, 0.15) is 25.0 Å². The maximum atomic E-state index is 8.04. The molecule has 0 aliphatic carbocycles. The number of hydrogen-bond donors (Lipinski definition) is 1. The van der Waals surface area contributed by atoms with E-state index in [1.54, 1.807) is 0 Å². The second kappa shape index (κ2) is 22.6. The molecule has 0 fully saturated rings. The second-order valence-corrected chi connectivity index (χ2v) is 29.6. The molecule has 0 amide bonds. The Morgan fingerprint density at radius 3 is 0.963 bits per heavy atom. The average Bonchev–Trinajstić information content (AvgIpc) is 3.37. The van der Waals surface area contributed by atoms with Gasteiger partial charge >= 0.3 is 0 Å². The van der Waals surface area contributed by atoms with Crippen molar-refractivity contribution in [2.75, 3.05) is 5.32 Å². The van der Waals surface area contributed by atoms with Gasteiger partial charge in [-0.1, -0.05) is 299 Å². The Kier molecular flexibility index (Phi) is 14.3. The minimum absolute atomic E-state index is 0.447. The summed E-state index contributed by atoms with van der Waals surface area (Å²) in [6, 6.07) is 111. The van der Waals surface area contributed by atoms with Crippen molar-refractivity contribution >= 4 is 107 Å². The van der Waals surface area contributed by atoms with Gasteiger partial charge in [0.1, 0.15) is 11.5 Å². The molecule has 2 heterocycles. The van der Waals surface area contributed by atoms with Crippen LogP contribution in [-0.4, -0.2) is 0 Å². The molecule has 7 heteroatoms. The average molecular weight is 1130 g/mol. The van der Waals surface area contributed by atoms with Crippen molar-refractivity contribution in [2.45, 2.75) is 19.3 Å². The summed E-state index contributed by atoms with van der Waals surface area (Å²) >= 11 is 0. The molecule has 0 saturated heterocycles. The van der Waals surface area contributed by atoms with Crippen LogP contribution in [0.15, 0.2) is 303 Å². The van der Waals surface area contributed by atoms with Gasteiger partial charge in [-0.3, -0.25) is 0 Å². The Bertz CT molecular complexity index is 4050. The van der Waals surface area contributed by atoms with Crippen molar-refractivity contribution in [1.82, 2.24) is 0 Å². The molecule has 0 radical (unpaired) electrons. The van der Waals surface area contributed by atoms with Crippen molar-refractivity contribution < 1.29 is 9.47 Å². The van der Waals surface area contributed by atoms with Crippen LogP contribution in [0.3, 0.4) is 0 Å². The lowest BCUT2D eigenvalue weighted by atomic mass is 9.75. The van der Waals surface area contributed by atoms with E-state index >= 15 is 0 Å². The number of ether oxygens (including phenoxy) is 2. The number of fused-ring (bicyclic) bond motifs is 4. The van der Waals surface area contributed by atoms with Crippen LogP contribution >= 0.6 is 31.7 Å². The van der Waals surface area contributed by atoms with E-state index in [0.29, 0.717) is 0 Å². The van der Waals surface area contributed by atoms with Crippen LogP contribution in [0, 0.1) is 0 Å². The van der Waals surface area contributed by atoms with Crippen molar-refractivity contribution in [2.24, 2.45) is 0 Å². The van der Waals surface area contributed by atoms with Gasteiger partial charge in [-0.2, -0.15) is 0 Å². The highest BCUT2D eigenvalue weighted by Gasteiger charge is 2.42. The maximum absolute atomic E-state index is 8.04. The SMILES string of the molecule is CC1(C)c2cccc(P(c3ccccc3)c3ccccc3)c2Oc2c1ccc(-c1ccc3c(c1P(c1ccccc1)c1ccccc1)Oc1c(cccc1P(c1ccccc1)c1ccccc1)N3)c2P(c1ccccc1)c1ccccc1. The first-order chi connectivity index (χ1) is 40.5. The third-order valence-electron chi connectivity index (χ3n) is 15.6. The third kappa shape index (κ3) is 9.57. The zero-order valence-electron chi connectivity index (χ0n) is 45.5. The van der Waals surface area contributed by atoms with Crippen molar-refractivity contribution in [3.8, 4) is 34.1 Å². The molecule has 0 unspecified atom stereocenters. The van der Waals surface area contributed by atoms with Crippen molar-refractivity contribution in [1.29, 1.82) is 0 Å². The fraction of sp³-hybridized carbons (Fsp3) is 0.0400. The van der Waals surface area contributed by atoms with Gasteiger partial charge in [0.2, 0.25) is 0 Å². The minimum Gasteiger partial charge on any atom is -0.455 e. The summed E-state index contributed by atoms with van der Waals surface area (Å²) in [6.07, 6.45) is 0. The number of para-hydroxylation sites is 2. The lowest BCUT2D eigenvalue weighted by Gasteiger charge is -2.39. The molecule has 0 saturated carbocycles. The molecule has 0 bridgehead atoms. The van der Waals surface area contributed by atoms with E-state index in [9.17, 15) is 0 Å².